The number of carbonyl (C=O) groups excluding carboxylic acids is 1. The second-order valence-electron chi connectivity index (χ2n) is 9.19. The molecule has 1 amide bonds. The van der Waals surface area contributed by atoms with Crippen LogP contribution in [0, 0.1) is 5.92 Å². The van der Waals surface area contributed by atoms with E-state index in [4.69, 9.17) is 9.97 Å². The van der Waals surface area contributed by atoms with Crippen LogP contribution < -0.4 is 10.2 Å². The standard InChI is InChI=1S/C23H36N6OS/c1-17(2)31-23-26-21(28-13-6-7-14-28)19-16-25-29(22(19)27-23)15-12-24-20(30)11-10-18-8-4-3-5-9-18/h16-18H,3-15H2,1-2H3,(H,24,30). The first-order chi connectivity index (χ1) is 15.1. The zero-order valence-corrected chi connectivity index (χ0v) is 19.8. The smallest absolute Gasteiger partial charge is 0.220 e. The summed E-state index contributed by atoms with van der Waals surface area (Å²) < 4.78 is 1.92. The molecule has 0 bridgehead atoms. The minimum absolute atomic E-state index is 0.158. The minimum atomic E-state index is 0.158. The van der Waals surface area contributed by atoms with Crippen molar-refractivity contribution in [3.05, 3.63) is 6.20 Å². The minimum Gasteiger partial charge on any atom is -0.356 e. The Morgan fingerprint density at radius 3 is 2.68 bits per heavy atom. The second kappa shape index (κ2) is 10.7. The van der Waals surface area contributed by atoms with E-state index in [0.717, 1.165) is 47.4 Å². The van der Waals surface area contributed by atoms with Crippen LogP contribution in [-0.2, 0) is 11.3 Å². The van der Waals surface area contributed by atoms with Crippen molar-refractivity contribution < 1.29 is 4.79 Å². The summed E-state index contributed by atoms with van der Waals surface area (Å²) in [6, 6.07) is 0. The third-order valence-electron chi connectivity index (χ3n) is 6.35. The molecular formula is C23H36N6OS. The molecule has 1 saturated heterocycles. The highest BCUT2D eigenvalue weighted by Gasteiger charge is 2.21. The summed E-state index contributed by atoms with van der Waals surface area (Å²) >= 11 is 1.69. The molecule has 0 radical (unpaired) electrons. The van der Waals surface area contributed by atoms with Gasteiger partial charge in [-0.25, -0.2) is 14.6 Å². The molecule has 3 heterocycles. The van der Waals surface area contributed by atoms with Gasteiger partial charge < -0.3 is 10.2 Å². The van der Waals surface area contributed by atoms with E-state index in [1.807, 2.05) is 10.9 Å². The van der Waals surface area contributed by atoms with E-state index in [9.17, 15) is 4.79 Å². The van der Waals surface area contributed by atoms with E-state index >= 15 is 0 Å². The lowest BCUT2D eigenvalue weighted by atomic mass is 9.86. The second-order valence-corrected chi connectivity index (χ2v) is 10.7. The van der Waals surface area contributed by atoms with Gasteiger partial charge in [-0.2, -0.15) is 5.10 Å². The molecule has 2 aromatic rings. The first-order valence-corrected chi connectivity index (χ1v) is 12.9. The summed E-state index contributed by atoms with van der Waals surface area (Å²) in [5.41, 5.74) is 0.872. The maximum absolute atomic E-state index is 12.3. The molecule has 4 rings (SSSR count). The maximum atomic E-state index is 12.3. The predicted molar refractivity (Wildman–Crippen MR) is 127 cm³/mol. The van der Waals surface area contributed by atoms with Crippen molar-refractivity contribution in [1.29, 1.82) is 0 Å². The molecule has 1 saturated carbocycles. The number of rotatable bonds is 9. The molecule has 2 fully saturated rings. The molecular weight excluding hydrogens is 408 g/mol. The number of fused-ring (bicyclic) bond motifs is 1. The Morgan fingerprint density at radius 1 is 1.16 bits per heavy atom. The first-order valence-electron chi connectivity index (χ1n) is 12.0. The van der Waals surface area contributed by atoms with Crippen LogP contribution >= 0.6 is 11.8 Å². The molecule has 1 aliphatic heterocycles. The lowest BCUT2D eigenvalue weighted by molar-refractivity contribution is -0.121. The van der Waals surface area contributed by atoms with E-state index in [1.54, 1.807) is 11.8 Å². The van der Waals surface area contributed by atoms with Gasteiger partial charge in [0.05, 0.1) is 18.1 Å². The molecule has 0 aromatic carbocycles. The van der Waals surface area contributed by atoms with Crippen LogP contribution in [-0.4, -0.2) is 50.5 Å². The molecule has 0 atom stereocenters. The Kier molecular flexibility index (Phi) is 7.69. The SMILES string of the molecule is CC(C)Sc1nc(N2CCCC2)c2cnn(CCNC(=O)CCC3CCCCC3)c2n1. The monoisotopic (exact) mass is 444 g/mol. The van der Waals surface area contributed by atoms with Crippen LogP contribution in [0.5, 0.6) is 0 Å². The number of hydrogen-bond donors (Lipinski definition) is 1. The van der Waals surface area contributed by atoms with E-state index in [1.165, 1.54) is 44.9 Å². The van der Waals surface area contributed by atoms with Gasteiger partial charge in [-0.1, -0.05) is 57.7 Å². The fraction of sp³-hybridized carbons (Fsp3) is 0.739. The highest BCUT2D eigenvalue weighted by Crippen LogP contribution is 2.30. The van der Waals surface area contributed by atoms with E-state index in [2.05, 4.69) is 29.2 Å². The van der Waals surface area contributed by atoms with Crippen molar-refractivity contribution in [2.75, 3.05) is 24.5 Å². The molecule has 170 valence electrons. The largest absolute Gasteiger partial charge is 0.356 e. The number of aromatic nitrogens is 4. The van der Waals surface area contributed by atoms with Crippen LogP contribution in [0.15, 0.2) is 11.4 Å². The number of anilines is 1. The summed E-state index contributed by atoms with van der Waals surface area (Å²) in [5, 5.41) is 9.91. The van der Waals surface area contributed by atoms with Crippen molar-refractivity contribution in [1.82, 2.24) is 25.1 Å². The van der Waals surface area contributed by atoms with Gasteiger partial charge in [0.2, 0.25) is 5.91 Å². The highest BCUT2D eigenvalue weighted by molar-refractivity contribution is 7.99. The molecule has 8 heteroatoms. The van der Waals surface area contributed by atoms with Crippen molar-refractivity contribution >= 4 is 34.5 Å². The van der Waals surface area contributed by atoms with Gasteiger partial charge in [0.25, 0.3) is 0 Å². The molecule has 0 unspecified atom stereocenters. The fourth-order valence-corrected chi connectivity index (χ4v) is 5.42. The number of nitrogens with one attached hydrogen (secondary N) is 1. The first kappa shape index (κ1) is 22.4. The zero-order valence-electron chi connectivity index (χ0n) is 19.0. The zero-order chi connectivity index (χ0) is 21.6. The Bertz CT molecular complexity index is 870. The number of amides is 1. The van der Waals surface area contributed by atoms with Crippen molar-refractivity contribution in [3.8, 4) is 0 Å². The van der Waals surface area contributed by atoms with Gasteiger partial charge in [-0.3, -0.25) is 4.79 Å². The quantitative estimate of drug-likeness (QED) is 0.456. The Hall–Kier alpha value is -1.83. The van der Waals surface area contributed by atoms with Gasteiger partial charge in [-0.15, -0.1) is 0 Å². The van der Waals surface area contributed by atoms with Crippen molar-refractivity contribution in [2.24, 2.45) is 5.92 Å². The lowest BCUT2D eigenvalue weighted by Crippen LogP contribution is -2.28. The van der Waals surface area contributed by atoms with Crippen molar-refractivity contribution in [3.63, 3.8) is 0 Å². The highest BCUT2D eigenvalue weighted by atomic mass is 32.2. The van der Waals surface area contributed by atoms with Gasteiger partial charge in [-0.05, 0) is 25.2 Å². The maximum Gasteiger partial charge on any atom is 0.220 e. The third-order valence-corrected chi connectivity index (χ3v) is 7.22. The number of hydrogen-bond acceptors (Lipinski definition) is 6. The van der Waals surface area contributed by atoms with E-state index < -0.39 is 0 Å². The van der Waals surface area contributed by atoms with Crippen molar-refractivity contribution in [2.45, 2.75) is 88.6 Å². The summed E-state index contributed by atoms with van der Waals surface area (Å²) in [5.74, 6) is 1.91. The fourth-order valence-electron chi connectivity index (χ4n) is 4.72. The lowest BCUT2D eigenvalue weighted by Gasteiger charge is -2.21. The number of carbonyl (C=O) groups is 1. The van der Waals surface area contributed by atoms with Gasteiger partial charge in [0.15, 0.2) is 10.8 Å². The van der Waals surface area contributed by atoms with Gasteiger partial charge in [0.1, 0.15) is 5.82 Å². The molecule has 1 aliphatic carbocycles. The summed E-state index contributed by atoms with van der Waals surface area (Å²) in [7, 11) is 0. The topological polar surface area (TPSA) is 75.9 Å². The van der Waals surface area contributed by atoms with Crippen LogP contribution in [0.1, 0.15) is 71.6 Å². The molecule has 2 aliphatic rings. The van der Waals surface area contributed by atoms with Crippen LogP contribution in [0.25, 0.3) is 11.0 Å². The predicted octanol–water partition coefficient (Wildman–Crippen LogP) is 4.40. The average Bonchev–Trinajstić information content (AvgIpc) is 3.43. The van der Waals surface area contributed by atoms with Gasteiger partial charge >= 0.3 is 0 Å². The van der Waals surface area contributed by atoms with Crippen LogP contribution in [0.3, 0.4) is 0 Å². The summed E-state index contributed by atoms with van der Waals surface area (Å²) in [6.07, 6.45) is 12.6. The molecule has 2 aromatic heterocycles. The molecule has 7 nitrogen and oxygen atoms in total. The molecule has 31 heavy (non-hydrogen) atoms. The molecule has 0 spiro atoms. The Balaban J connectivity index is 1.39. The third kappa shape index (κ3) is 5.90. The normalized spacial score (nSPS) is 17.7. The molecule has 1 N–H and O–H groups in total. The van der Waals surface area contributed by atoms with E-state index in [0.29, 0.717) is 24.8 Å². The Morgan fingerprint density at radius 2 is 1.94 bits per heavy atom. The van der Waals surface area contributed by atoms with Crippen LogP contribution in [0.2, 0.25) is 0 Å². The number of thioether (sulfide) groups is 1. The summed E-state index contributed by atoms with van der Waals surface area (Å²) in [6.45, 7) is 7.61. The number of nitrogens with zero attached hydrogens (tertiary/aromatic N) is 5. The Labute approximate surface area is 189 Å². The average molecular weight is 445 g/mol. The summed E-state index contributed by atoms with van der Waals surface area (Å²) in [4.78, 5) is 24.3. The van der Waals surface area contributed by atoms with E-state index in [-0.39, 0.29) is 5.91 Å². The van der Waals surface area contributed by atoms with Crippen LogP contribution in [0.4, 0.5) is 5.82 Å². The van der Waals surface area contributed by atoms with Gasteiger partial charge in [0, 0.05) is 31.3 Å².